The van der Waals surface area contributed by atoms with Crippen molar-refractivity contribution in [2.75, 3.05) is 5.32 Å². The van der Waals surface area contributed by atoms with E-state index in [1.54, 1.807) is 19.9 Å². The van der Waals surface area contributed by atoms with Crippen LogP contribution in [0.2, 0.25) is 0 Å². The molecule has 1 saturated carbocycles. The summed E-state index contributed by atoms with van der Waals surface area (Å²) in [5, 5.41) is 25.1. The SMILES string of the molecule is Cc1nc(N[C@H](C)c2cccc(C(F)(F)F)c2)c2cc([C@]3(O)CC[C@@H](O)CC3)cc(C)c2n1. The third kappa shape index (κ3) is 4.82. The molecule has 33 heavy (non-hydrogen) atoms. The van der Waals surface area contributed by atoms with E-state index in [0.29, 0.717) is 48.3 Å². The zero-order valence-corrected chi connectivity index (χ0v) is 18.9. The van der Waals surface area contributed by atoms with Crippen LogP contribution in [0.1, 0.15) is 66.7 Å². The molecule has 0 radical (unpaired) electrons. The molecule has 0 saturated heterocycles. The van der Waals surface area contributed by atoms with Gasteiger partial charge in [0.2, 0.25) is 0 Å². The van der Waals surface area contributed by atoms with Crippen LogP contribution in [0.3, 0.4) is 0 Å². The highest BCUT2D eigenvalue weighted by Crippen LogP contribution is 2.40. The van der Waals surface area contributed by atoms with Crippen LogP contribution in [-0.4, -0.2) is 26.3 Å². The number of fused-ring (bicyclic) bond motifs is 1. The summed E-state index contributed by atoms with van der Waals surface area (Å²) < 4.78 is 39.5. The van der Waals surface area contributed by atoms with Crippen LogP contribution in [0.25, 0.3) is 10.9 Å². The Bertz CT molecular complexity index is 1170. The van der Waals surface area contributed by atoms with E-state index < -0.39 is 29.5 Å². The van der Waals surface area contributed by atoms with Crippen LogP contribution in [0.15, 0.2) is 36.4 Å². The maximum Gasteiger partial charge on any atom is 0.416 e. The number of halogens is 3. The van der Waals surface area contributed by atoms with Gasteiger partial charge >= 0.3 is 6.18 Å². The summed E-state index contributed by atoms with van der Waals surface area (Å²) in [5.41, 5.74) is 1.08. The Labute approximate surface area is 190 Å². The number of aliphatic hydroxyl groups excluding tert-OH is 1. The first-order chi connectivity index (χ1) is 15.5. The molecule has 4 rings (SSSR count). The minimum Gasteiger partial charge on any atom is -0.393 e. The fourth-order valence-corrected chi connectivity index (χ4v) is 4.54. The van der Waals surface area contributed by atoms with Gasteiger partial charge in [-0.25, -0.2) is 9.97 Å². The van der Waals surface area contributed by atoms with E-state index in [0.717, 1.165) is 28.8 Å². The molecule has 0 amide bonds. The fourth-order valence-electron chi connectivity index (χ4n) is 4.54. The Balaban J connectivity index is 1.74. The molecule has 0 spiro atoms. The largest absolute Gasteiger partial charge is 0.416 e. The molecule has 8 heteroatoms. The van der Waals surface area contributed by atoms with Gasteiger partial charge in [-0.05, 0) is 81.3 Å². The van der Waals surface area contributed by atoms with Crippen molar-refractivity contribution < 1.29 is 23.4 Å². The van der Waals surface area contributed by atoms with Crippen LogP contribution in [0.4, 0.5) is 19.0 Å². The predicted molar refractivity (Wildman–Crippen MR) is 121 cm³/mol. The van der Waals surface area contributed by atoms with Crippen molar-refractivity contribution in [2.45, 2.75) is 70.4 Å². The molecule has 1 aliphatic rings. The van der Waals surface area contributed by atoms with Crippen molar-refractivity contribution in [3.05, 3.63) is 64.5 Å². The maximum atomic E-state index is 13.2. The molecule has 1 aromatic heterocycles. The summed E-state index contributed by atoms with van der Waals surface area (Å²) in [6, 6.07) is 8.58. The van der Waals surface area contributed by atoms with Crippen LogP contribution >= 0.6 is 0 Å². The van der Waals surface area contributed by atoms with Crippen molar-refractivity contribution in [2.24, 2.45) is 0 Å². The molecule has 5 nitrogen and oxygen atoms in total. The third-order valence-electron chi connectivity index (χ3n) is 6.49. The monoisotopic (exact) mass is 459 g/mol. The molecular formula is C25H28F3N3O2. The van der Waals surface area contributed by atoms with Crippen LogP contribution in [0.5, 0.6) is 0 Å². The first kappa shape index (κ1) is 23.4. The predicted octanol–water partition coefficient (Wildman–Crippen LogP) is 5.56. The highest BCUT2D eigenvalue weighted by atomic mass is 19.4. The van der Waals surface area contributed by atoms with Gasteiger partial charge in [-0.1, -0.05) is 18.2 Å². The normalized spacial score (nSPS) is 22.4. The standard InChI is InChI=1S/C25H28F3N3O2/c1-14-11-19(24(33)9-7-20(32)8-10-24)13-21-22(14)30-16(3)31-23(21)29-15(2)17-5-4-6-18(12-17)25(26,27)28/h4-6,11-13,15,20,32-33H,7-10H2,1-3H3,(H,29,30,31)/t15-,20-,24+/m1/s1. The second kappa shape index (κ2) is 8.57. The number of alkyl halides is 3. The smallest absolute Gasteiger partial charge is 0.393 e. The van der Waals surface area contributed by atoms with E-state index in [1.165, 1.54) is 6.07 Å². The number of nitrogens with zero attached hydrogens (tertiary/aromatic N) is 2. The molecule has 1 atom stereocenters. The lowest BCUT2D eigenvalue weighted by Crippen LogP contribution is -2.33. The summed E-state index contributed by atoms with van der Waals surface area (Å²) in [7, 11) is 0. The van der Waals surface area contributed by atoms with Gasteiger partial charge in [0.15, 0.2) is 0 Å². The zero-order valence-electron chi connectivity index (χ0n) is 18.9. The Hall–Kier alpha value is -2.71. The number of hydrogen-bond donors (Lipinski definition) is 3. The highest BCUT2D eigenvalue weighted by molar-refractivity contribution is 5.92. The first-order valence-corrected chi connectivity index (χ1v) is 11.1. The van der Waals surface area contributed by atoms with Gasteiger partial charge in [-0.2, -0.15) is 13.2 Å². The Morgan fingerprint density at radius 1 is 1.09 bits per heavy atom. The van der Waals surface area contributed by atoms with Gasteiger partial charge in [0, 0.05) is 11.4 Å². The molecular weight excluding hydrogens is 431 g/mol. The van der Waals surface area contributed by atoms with Crippen molar-refractivity contribution in [1.29, 1.82) is 0 Å². The summed E-state index contributed by atoms with van der Waals surface area (Å²) in [6.45, 7) is 5.47. The average Bonchev–Trinajstić information content (AvgIpc) is 2.76. The maximum absolute atomic E-state index is 13.2. The Morgan fingerprint density at radius 3 is 2.45 bits per heavy atom. The summed E-state index contributed by atoms with van der Waals surface area (Å²) in [5.74, 6) is 1.04. The number of nitrogens with one attached hydrogen (secondary N) is 1. The molecule has 0 bridgehead atoms. The molecule has 3 aromatic rings. The van der Waals surface area contributed by atoms with E-state index in [-0.39, 0.29) is 0 Å². The molecule has 0 aliphatic heterocycles. The fraction of sp³-hybridized carbons (Fsp3) is 0.440. The van der Waals surface area contributed by atoms with Crippen molar-refractivity contribution in [3.8, 4) is 0 Å². The lowest BCUT2D eigenvalue weighted by molar-refractivity contribution is -0.137. The number of hydrogen-bond acceptors (Lipinski definition) is 5. The summed E-state index contributed by atoms with van der Waals surface area (Å²) in [4.78, 5) is 9.10. The topological polar surface area (TPSA) is 78.3 Å². The van der Waals surface area contributed by atoms with Crippen LogP contribution in [0, 0.1) is 13.8 Å². The molecule has 176 valence electrons. The third-order valence-corrected chi connectivity index (χ3v) is 6.49. The molecule has 1 heterocycles. The second-order valence-electron chi connectivity index (χ2n) is 9.06. The highest BCUT2D eigenvalue weighted by Gasteiger charge is 2.35. The number of aliphatic hydroxyl groups is 2. The van der Waals surface area contributed by atoms with E-state index in [1.807, 2.05) is 19.1 Å². The molecule has 1 fully saturated rings. The number of aromatic nitrogens is 2. The molecule has 3 N–H and O–H groups in total. The Kier molecular flexibility index (Phi) is 6.09. The summed E-state index contributed by atoms with van der Waals surface area (Å²) in [6.07, 6.45) is -2.86. The van der Waals surface area contributed by atoms with Gasteiger partial charge in [-0.3, -0.25) is 0 Å². The number of benzene rings is 2. The van der Waals surface area contributed by atoms with Crippen LogP contribution in [-0.2, 0) is 11.8 Å². The minimum absolute atomic E-state index is 0.400. The van der Waals surface area contributed by atoms with E-state index in [4.69, 9.17) is 0 Å². The average molecular weight is 460 g/mol. The summed E-state index contributed by atoms with van der Waals surface area (Å²) >= 11 is 0. The quantitative estimate of drug-likeness (QED) is 0.476. The van der Waals surface area contributed by atoms with Crippen molar-refractivity contribution in [1.82, 2.24) is 9.97 Å². The van der Waals surface area contributed by atoms with Gasteiger partial charge in [0.25, 0.3) is 0 Å². The van der Waals surface area contributed by atoms with Crippen LogP contribution < -0.4 is 5.32 Å². The number of rotatable bonds is 4. The zero-order chi connectivity index (χ0) is 24.0. The van der Waals surface area contributed by atoms with Crippen molar-refractivity contribution in [3.63, 3.8) is 0 Å². The lowest BCUT2D eigenvalue weighted by atomic mass is 9.78. The van der Waals surface area contributed by atoms with Gasteiger partial charge in [-0.15, -0.1) is 0 Å². The molecule has 1 aliphatic carbocycles. The lowest BCUT2D eigenvalue weighted by Gasteiger charge is -2.35. The van der Waals surface area contributed by atoms with E-state index >= 15 is 0 Å². The number of aryl methyl sites for hydroxylation is 2. The molecule has 2 aromatic carbocycles. The van der Waals surface area contributed by atoms with Gasteiger partial charge < -0.3 is 15.5 Å². The van der Waals surface area contributed by atoms with Gasteiger partial charge in [0.1, 0.15) is 11.6 Å². The minimum atomic E-state index is -4.41. The van der Waals surface area contributed by atoms with E-state index in [2.05, 4.69) is 15.3 Å². The van der Waals surface area contributed by atoms with Crippen molar-refractivity contribution >= 4 is 16.7 Å². The van der Waals surface area contributed by atoms with Gasteiger partial charge in [0.05, 0.1) is 22.8 Å². The first-order valence-electron chi connectivity index (χ1n) is 11.1. The molecule has 0 unspecified atom stereocenters. The van der Waals surface area contributed by atoms with E-state index in [9.17, 15) is 23.4 Å². The second-order valence-corrected chi connectivity index (χ2v) is 9.06. The Morgan fingerprint density at radius 2 is 1.79 bits per heavy atom. The number of anilines is 1.